The number of ether oxygens (including phenoxy) is 4. The van der Waals surface area contributed by atoms with Gasteiger partial charge in [-0.2, -0.15) is 0 Å². The molecule has 12 heteroatoms. The maximum atomic E-state index is 13.0. The Morgan fingerprint density at radius 3 is 2.60 bits per heavy atom. The summed E-state index contributed by atoms with van der Waals surface area (Å²) in [6, 6.07) is 10.5. The van der Waals surface area contributed by atoms with Gasteiger partial charge in [-0.15, -0.1) is 11.3 Å². The number of aromatic nitrogens is 1. The predicted molar refractivity (Wildman–Crippen MR) is 163 cm³/mol. The first-order valence-corrected chi connectivity index (χ1v) is 15.1. The van der Waals surface area contributed by atoms with Crippen molar-refractivity contribution in [1.29, 1.82) is 0 Å². The first kappa shape index (κ1) is 31.9. The average molecular weight is 611 g/mol. The summed E-state index contributed by atoms with van der Waals surface area (Å²) in [7, 11) is 1.33. The molecule has 0 saturated heterocycles. The highest BCUT2D eigenvalue weighted by molar-refractivity contribution is 7.13. The number of methoxy groups -OCH3 is 1. The number of hydrogen-bond donors (Lipinski definition) is 3. The highest BCUT2D eigenvalue weighted by Crippen LogP contribution is 2.41. The molecule has 0 aliphatic carbocycles. The predicted octanol–water partition coefficient (Wildman–Crippen LogP) is 4.42. The molecule has 2 heterocycles. The van der Waals surface area contributed by atoms with Crippen molar-refractivity contribution in [2.75, 3.05) is 45.3 Å². The zero-order valence-corrected chi connectivity index (χ0v) is 25.5. The number of rotatable bonds is 15. The molecule has 0 radical (unpaired) electrons. The van der Waals surface area contributed by atoms with Crippen molar-refractivity contribution in [1.82, 2.24) is 15.6 Å². The Morgan fingerprint density at radius 1 is 1.07 bits per heavy atom. The second kappa shape index (κ2) is 15.5. The lowest BCUT2D eigenvalue weighted by Gasteiger charge is -2.37. The van der Waals surface area contributed by atoms with E-state index < -0.39 is 11.5 Å². The van der Waals surface area contributed by atoms with Gasteiger partial charge >= 0.3 is 5.97 Å². The van der Waals surface area contributed by atoms with Gasteiger partial charge in [0.2, 0.25) is 11.8 Å². The minimum absolute atomic E-state index is 0.0139. The van der Waals surface area contributed by atoms with E-state index in [1.807, 2.05) is 31.4 Å². The van der Waals surface area contributed by atoms with Gasteiger partial charge in [-0.05, 0) is 67.3 Å². The number of carbonyl (C=O) groups is 3. The van der Waals surface area contributed by atoms with Crippen LogP contribution in [0.5, 0.6) is 17.2 Å². The molecule has 1 aromatic heterocycles. The largest absolute Gasteiger partial charge is 0.487 e. The van der Waals surface area contributed by atoms with E-state index in [9.17, 15) is 14.4 Å². The minimum atomic E-state index is -0.661. The van der Waals surface area contributed by atoms with Crippen LogP contribution in [0.2, 0.25) is 0 Å². The third kappa shape index (κ3) is 8.99. The molecular weight excluding hydrogens is 572 g/mol. The van der Waals surface area contributed by atoms with E-state index in [2.05, 4.69) is 20.9 Å². The molecule has 230 valence electrons. The molecule has 1 atom stereocenters. The lowest BCUT2D eigenvalue weighted by Crippen LogP contribution is -2.47. The summed E-state index contributed by atoms with van der Waals surface area (Å²) >= 11 is 1.37. The standard InChI is InChI=1S/C31H38N4O7S/c1-4-5-27(36)32-12-14-40-15-16-41-25-18-22-10-11-34-31(2,20-28(37)35-30-33-13-17-43-30)24(22)19-26(25)42-23-8-6-21(7-9-23)29(38)39-3/h6-9,13,17-19,34H,4-5,10-12,14-16,20H2,1-3H3,(H,32,36)(H,33,35,37)/t31-/m1/s1. The molecule has 0 saturated carbocycles. The Morgan fingerprint density at radius 2 is 1.88 bits per heavy atom. The van der Waals surface area contributed by atoms with E-state index in [0.29, 0.717) is 60.7 Å². The number of nitrogens with zero attached hydrogens (tertiary/aromatic N) is 1. The Kier molecular flexibility index (Phi) is 11.5. The number of anilines is 1. The van der Waals surface area contributed by atoms with Gasteiger partial charge in [0.1, 0.15) is 12.4 Å². The number of esters is 1. The van der Waals surface area contributed by atoms with Crippen LogP contribution in [0.3, 0.4) is 0 Å². The van der Waals surface area contributed by atoms with Gasteiger partial charge in [-0.25, -0.2) is 9.78 Å². The molecule has 0 spiro atoms. The van der Waals surface area contributed by atoms with Crippen LogP contribution in [0.25, 0.3) is 0 Å². The van der Waals surface area contributed by atoms with Gasteiger partial charge in [0.25, 0.3) is 0 Å². The van der Waals surface area contributed by atoms with Crippen molar-refractivity contribution in [3.63, 3.8) is 0 Å². The number of benzene rings is 2. The number of fused-ring (bicyclic) bond motifs is 1. The van der Waals surface area contributed by atoms with Crippen molar-refractivity contribution in [3.05, 3.63) is 64.7 Å². The molecule has 4 rings (SSSR count). The number of nitrogens with one attached hydrogen (secondary N) is 3. The van der Waals surface area contributed by atoms with Crippen molar-refractivity contribution >= 4 is 34.3 Å². The molecular formula is C31H38N4O7S. The lowest BCUT2D eigenvalue weighted by molar-refractivity contribution is -0.121. The molecule has 0 unspecified atom stereocenters. The van der Waals surface area contributed by atoms with E-state index in [1.54, 1.807) is 30.5 Å². The zero-order valence-electron chi connectivity index (χ0n) is 24.7. The minimum Gasteiger partial charge on any atom is -0.487 e. The highest BCUT2D eigenvalue weighted by Gasteiger charge is 2.35. The normalized spacial score (nSPS) is 15.7. The van der Waals surface area contributed by atoms with E-state index in [4.69, 9.17) is 18.9 Å². The quantitative estimate of drug-likeness (QED) is 0.169. The van der Waals surface area contributed by atoms with Gasteiger partial charge in [0.05, 0.1) is 25.9 Å². The van der Waals surface area contributed by atoms with Gasteiger partial charge < -0.3 is 34.9 Å². The molecule has 43 heavy (non-hydrogen) atoms. The Balaban J connectivity index is 1.50. The fourth-order valence-electron chi connectivity index (χ4n) is 4.81. The fraction of sp³-hybridized carbons (Fsp3) is 0.419. The molecule has 0 fully saturated rings. The van der Waals surface area contributed by atoms with E-state index in [-0.39, 0.29) is 24.8 Å². The first-order valence-electron chi connectivity index (χ1n) is 14.3. The summed E-state index contributed by atoms with van der Waals surface area (Å²) < 4.78 is 22.8. The monoisotopic (exact) mass is 610 g/mol. The molecule has 2 amide bonds. The second-order valence-electron chi connectivity index (χ2n) is 10.2. The van der Waals surface area contributed by atoms with Crippen LogP contribution in [0, 0.1) is 0 Å². The molecule has 3 N–H and O–H groups in total. The van der Waals surface area contributed by atoms with Gasteiger partial charge in [0, 0.05) is 43.0 Å². The highest BCUT2D eigenvalue weighted by atomic mass is 32.1. The van der Waals surface area contributed by atoms with Crippen molar-refractivity contribution in [3.8, 4) is 17.2 Å². The van der Waals surface area contributed by atoms with Crippen molar-refractivity contribution in [2.24, 2.45) is 0 Å². The molecule has 1 aliphatic rings. The number of carbonyl (C=O) groups excluding carboxylic acids is 3. The van der Waals surface area contributed by atoms with Crippen LogP contribution >= 0.6 is 11.3 Å². The third-order valence-corrected chi connectivity index (χ3v) is 7.59. The SMILES string of the molecule is CCCC(=O)NCCOCCOc1cc2c(cc1Oc1ccc(C(=O)OC)cc1)[C@@](C)(CC(=O)Nc1nccs1)NCC2. The summed E-state index contributed by atoms with van der Waals surface area (Å²) in [6.45, 7) is 6.06. The Bertz CT molecular complexity index is 1380. The van der Waals surface area contributed by atoms with E-state index in [0.717, 1.165) is 24.0 Å². The summed E-state index contributed by atoms with van der Waals surface area (Å²) in [6.07, 6.45) is 3.89. The van der Waals surface area contributed by atoms with Crippen LogP contribution < -0.4 is 25.4 Å². The van der Waals surface area contributed by atoms with Gasteiger partial charge in [0.15, 0.2) is 16.6 Å². The first-order chi connectivity index (χ1) is 20.8. The maximum Gasteiger partial charge on any atom is 0.337 e. The smallest absolute Gasteiger partial charge is 0.337 e. The fourth-order valence-corrected chi connectivity index (χ4v) is 5.35. The summed E-state index contributed by atoms with van der Waals surface area (Å²) in [4.78, 5) is 40.6. The average Bonchev–Trinajstić information content (AvgIpc) is 3.50. The van der Waals surface area contributed by atoms with Crippen molar-refractivity contribution in [2.45, 2.75) is 45.1 Å². The molecule has 11 nitrogen and oxygen atoms in total. The Labute approximate surface area is 255 Å². The molecule has 2 aromatic carbocycles. The van der Waals surface area contributed by atoms with Crippen LogP contribution in [-0.2, 0) is 31.0 Å². The van der Waals surface area contributed by atoms with Crippen LogP contribution in [-0.4, -0.2) is 62.8 Å². The summed E-state index contributed by atoms with van der Waals surface area (Å²) in [5.74, 6) is 0.927. The molecule has 1 aliphatic heterocycles. The zero-order chi connectivity index (χ0) is 30.7. The maximum absolute atomic E-state index is 13.0. The number of amides is 2. The van der Waals surface area contributed by atoms with Crippen LogP contribution in [0.1, 0.15) is 54.6 Å². The lowest BCUT2D eigenvalue weighted by atomic mass is 9.81. The van der Waals surface area contributed by atoms with Crippen LogP contribution in [0.4, 0.5) is 5.13 Å². The molecule has 0 bridgehead atoms. The number of hydrogen-bond acceptors (Lipinski definition) is 10. The van der Waals surface area contributed by atoms with Crippen LogP contribution in [0.15, 0.2) is 48.0 Å². The number of thiazole rings is 1. The Hall–Kier alpha value is -4.00. The molecule has 3 aromatic rings. The second-order valence-corrected chi connectivity index (χ2v) is 11.1. The van der Waals surface area contributed by atoms with E-state index in [1.165, 1.54) is 18.4 Å². The van der Waals surface area contributed by atoms with E-state index >= 15 is 0 Å². The topological polar surface area (TPSA) is 137 Å². The summed E-state index contributed by atoms with van der Waals surface area (Å²) in [5.41, 5.74) is 1.72. The van der Waals surface area contributed by atoms with Crippen molar-refractivity contribution < 1.29 is 33.3 Å². The third-order valence-electron chi connectivity index (χ3n) is 6.90. The van der Waals surface area contributed by atoms with Gasteiger partial charge in [-0.1, -0.05) is 6.92 Å². The summed E-state index contributed by atoms with van der Waals surface area (Å²) in [5, 5.41) is 11.6. The van der Waals surface area contributed by atoms with Gasteiger partial charge in [-0.3, -0.25) is 9.59 Å².